The van der Waals surface area contributed by atoms with Crippen molar-refractivity contribution in [1.82, 2.24) is 15.2 Å². The molecule has 1 fully saturated rings. The lowest BCUT2D eigenvalue weighted by Gasteiger charge is -2.36. The van der Waals surface area contributed by atoms with Crippen LogP contribution in [0.5, 0.6) is 0 Å². The number of hydrogen-bond acceptors (Lipinski definition) is 4. The predicted octanol–water partition coefficient (Wildman–Crippen LogP) is 2.83. The van der Waals surface area contributed by atoms with Crippen molar-refractivity contribution in [3.63, 3.8) is 0 Å². The highest BCUT2D eigenvalue weighted by atomic mass is 19.4. The van der Waals surface area contributed by atoms with Gasteiger partial charge in [0.15, 0.2) is 0 Å². The summed E-state index contributed by atoms with van der Waals surface area (Å²) in [4.78, 5) is 19.7. The molecule has 0 aliphatic carbocycles. The molecule has 0 radical (unpaired) electrons. The van der Waals surface area contributed by atoms with E-state index < -0.39 is 17.8 Å². The van der Waals surface area contributed by atoms with Crippen molar-refractivity contribution in [2.45, 2.75) is 46.0 Å². The highest BCUT2D eigenvalue weighted by Crippen LogP contribution is 2.36. The van der Waals surface area contributed by atoms with E-state index in [9.17, 15) is 18.0 Å². The van der Waals surface area contributed by atoms with Gasteiger partial charge in [-0.2, -0.15) is 13.2 Å². The van der Waals surface area contributed by atoms with Crippen LogP contribution in [0.25, 0.3) is 0 Å². The van der Waals surface area contributed by atoms with Crippen LogP contribution in [0.2, 0.25) is 0 Å². The van der Waals surface area contributed by atoms with Crippen LogP contribution in [0.1, 0.15) is 44.9 Å². The van der Waals surface area contributed by atoms with Crippen molar-refractivity contribution in [2.24, 2.45) is 0 Å². The van der Waals surface area contributed by atoms with Gasteiger partial charge in [0.05, 0.1) is 11.6 Å². The second kappa shape index (κ2) is 7.59. The van der Waals surface area contributed by atoms with Crippen LogP contribution in [-0.4, -0.2) is 48.0 Å². The van der Waals surface area contributed by atoms with Crippen molar-refractivity contribution < 1.29 is 18.0 Å². The minimum absolute atomic E-state index is 0.127. The van der Waals surface area contributed by atoms with E-state index >= 15 is 0 Å². The molecule has 1 aromatic heterocycles. The largest absolute Gasteiger partial charge is 0.417 e. The van der Waals surface area contributed by atoms with Gasteiger partial charge in [0.2, 0.25) is 5.91 Å². The molecule has 1 atom stereocenters. The predicted molar refractivity (Wildman–Crippen MR) is 90.4 cm³/mol. The Kier molecular flexibility index (Phi) is 5.92. The molecule has 140 valence electrons. The van der Waals surface area contributed by atoms with Gasteiger partial charge in [-0.15, -0.1) is 0 Å². The van der Waals surface area contributed by atoms with E-state index in [0.717, 1.165) is 25.4 Å². The van der Waals surface area contributed by atoms with Gasteiger partial charge in [-0.05, 0) is 26.8 Å². The van der Waals surface area contributed by atoms with Crippen LogP contribution in [0, 0.1) is 0 Å². The fraction of sp³-hybridized carbons (Fsp3) is 0.647. The molecule has 0 unspecified atom stereocenters. The molecule has 0 saturated carbocycles. The topological polar surface area (TPSA) is 48.5 Å². The summed E-state index contributed by atoms with van der Waals surface area (Å²) in [5.41, 5.74) is -0.360. The number of nitrogens with one attached hydrogen (secondary N) is 1. The van der Waals surface area contributed by atoms with Gasteiger partial charge in [0, 0.05) is 50.9 Å². The number of amides is 1. The Morgan fingerprint density at radius 3 is 2.36 bits per heavy atom. The van der Waals surface area contributed by atoms with E-state index in [4.69, 9.17) is 0 Å². The normalized spacial score (nSPS) is 16.9. The first-order valence-corrected chi connectivity index (χ1v) is 8.44. The number of nitrogens with zero attached hydrogens (tertiary/aromatic N) is 3. The van der Waals surface area contributed by atoms with Gasteiger partial charge in [0.25, 0.3) is 0 Å². The molecule has 0 spiro atoms. The van der Waals surface area contributed by atoms with Crippen LogP contribution in [-0.2, 0) is 11.0 Å². The Hall–Kier alpha value is -1.83. The summed E-state index contributed by atoms with van der Waals surface area (Å²) in [6, 6.07) is 0.503. The molecular weight excluding hydrogens is 333 g/mol. The number of aromatic nitrogens is 1. The zero-order chi connectivity index (χ0) is 18.8. The summed E-state index contributed by atoms with van der Waals surface area (Å²) in [6.45, 7) is 9.72. The second-order valence-corrected chi connectivity index (χ2v) is 6.57. The number of alkyl halides is 3. The molecular formula is C17H25F3N4O. The van der Waals surface area contributed by atoms with Gasteiger partial charge < -0.3 is 15.1 Å². The Labute approximate surface area is 146 Å². The molecule has 1 N–H and O–H groups in total. The molecule has 2 rings (SSSR count). The summed E-state index contributed by atoms with van der Waals surface area (Å²) in [5.74, 6) is 0.347. The monoisotopic (exact) mass is 358 g/mol. The number of piperazine rings is 1. The Morgan fingerprint density at radius 2 is 1.88 bits per heavy atom. The molecule has 8 heteroatoms. The van der Waals surface area contributed by atoms with Crippen LogP contribution in [0.15, 0.2) is 12.3 Å². The molecule has 1 saturated heterocycles. The molecule has 2 heterocycles. The number of hydrogen-bond donors (Lipinski definition) is 1. The third kappa shape index (κ3) is 4.42. The maximum atomic E-state index is 13.2. The van der Waals surface area contributed by atoms with Gasteiger partial charge in [0.1, 0.15) is 5.82 Å². The summed E-state index contributed by atoms with van der Waals surface area (Å²) in [6.07, 6.45) is -3.59. The lowest BCUT2D eigenvalue weighted by Crippen LogP contribution is -2.45. The standard InChI is InChI=1S/C17H25F3N4O/c1-11(2)24(13(4)25)12(3)15-9-14(17(18,19)20)10-22-16(15)23-7-5-21-6-8-23/h9-12,21H,5-8H2,1-4H3/t12-/m1/s1. The number of rotatable bonds is 4. The van der Waals surface area contributed by atoms with Crippen LogP contribution < -0.4 is 10.2 Å². The Morgan fingerprint density at radius 1 is 1.28 bits per heavy atom. The lowest BCUT2D eigenvalue weighted by molar-refractivity contribution is -0.137. The first-order chi connectivity index (χ1) is 11.6. The third-order valence-corrected chi connectivity index (χ3v) is 4.43. The number of pyridine rings is 1. The number of halogens is 3. The van der Waals surface area contributed by atoms with E-state index in [1.165, 1.54) is 6.92 Å². The van der Waals surface area contributed by atoms with E-state index in [1.807, 2.05) is 18.7 Å². The minimum atomic E-state index is -4.47. The quantitative estimate of drug-likeness (QED) is 0.899. The van der Waals surface area contributed by atoms with Crippen molar-refractivity contribution in [3.05, 3.63) is 23.4 Å². The summed E-state index contributed by atoms with van der Waals surface area (Å²) >= 11 is 0. The van der Waals surface area contributed by atoms with Crippen molar-refractivity contribution >= 4 is 11.7 Å². The summed E-state index contributed by atoms with van der Waals surface area (Å²) < 4.78 is 39.5. The van der Waals surface area contributed by atoms with Crippen LogP contribution in [0.3, 0.4) is 0 Å². The fourth-order valence-electron chi connectivity index (χ4n) is 3.31. The average molecular weight is 358 g/mol. The maximum Gasteiger partial charge on any atom is 0.417 e. The molecule has 1 aliphatic rings. The van der Waals surface area contributed by atoms with E-state index in [1.54, 1.807) is 11.8 Å². The van der Waals surface area contributed by atoms with Gasteiger partial charge >= 0.3 is 6.18 Å². The van der Waals surface area contributed by atoms with Crippen molar-refractivity contribution in [3.8, 4) is 0 Å². The molecule has 1 amide bonds. The molecule has 1 aliphatic heterocycles. The maximum absolute atomic E-state index is 13.2. The Bertz CT molecular complexity index is 612. The highest BCUT2D eigenvalue weighted by Gasteiger charge is 2.34. The van der Waals surface area contributed by atoms with Gasteiger partial charge in [-0.3, -0.25) is 4.79 Å². The number of carbonyl (C=O) groups excluding carboxylic acids is 1. The van der Waals surface area contributed by atoms with Crippen LogP contribution in [0.4, 0.5) is 19.0 Å². The molecule has 0 aromatic carbocycles. The highest BCUT2D eigenvalue weighted by molar-refractivity contribution is 5.74. The van der Waals surface area contributed by atoms with E-state index in [2.05, 4.69) is 10.3 Å². The smallest absolute Gasteiger partial charge is 0.354 e. The zero-order valence-corrected chi connectivity index (χ0v) is 15.0. The van der Waals surface area contributed by atoms with Crippen molar-refractivity contribution in [1.29, 1.82) is 0 Å². The minimum Gasteiger partial charge on any atom is -0.354 e. The SMILES string of the molecule is CC(=O)N(C(C)C)[C@H](C)c1cc(C(F)(F)F)cnc1N1CCNCC1. The van der Waals surface area contributed by atoms with E-state index in [0.29, 0.717) is 24.5 Å². The molecule has 5 nitrogen and oxygen atoms in total. The zero-order valence-electron chi connectivity index (χ0n) is 15.0. The molecule has 1 aromatic rings. The Balaban J connectivity index is 2.51. The summed E-state index contributed by atoms with van der Waals surface area (Å²) in [7, 11) is 0. The molecule has 0 bridgehead atoms. The second-order valence-electron chi connectivity index (χ2n) is 6.57. The number of carbonyl (C=O) groups is 1. The first kappa shape index (κ1) is 19.5. The lowest BCUT2D eigenvalue weighted by atomic mass is 10.0. The molecule has 25 heavy (non-hydrogen) atoms. The first-order valence-electron chi connectivity index (χ1n) is 8.44. The van der Waals surface area contributed by atoms with Crippen LogP contribution >= 0.6 is 0 Å². The van der Waals surface area contributed by atoms with Crippen molar-refractivity contribution in [2.75, 3.05) is 31.1 Å². The third-order valence-electron chi connectivity index (χ3n) is 4.43. The van der Waals surface area contributed by atoms with E-state index in [-0.39, 0.29) is 11.9 Å². The summed E-state index contributed by atoms with van der Waals surface area (Å²) in [5, 5.41) is 3.21. The average Bonchev–Trinajstić information content (AvgIpc) is 2.53. The number of anilines is 1. The van der Waals surface area contributed by atoms with Gasteiger partial charge in [-0.25, -0.2) is 4.98 Å². The fourth-order valence-corrected chi connectivity index (χ4v) is 3.31. The van der Waals surface area contributed by atoms with Gasteiger partial charge in [-0.1, -0.05) is 0 Å².